The van der Waals surface area contributed by atoms with Crippen LogP contribution in [0.2, 0.25) is 0 Å². The van der Waals surface area contributed by atoms with Crippen LogP contribution in [-0.2, 0) is 4.74 Å². The van der Waals surface area contributed by atoms with Gasteiger partial charge in [-0.05, 0) is 18.6 Å². The summed E-state index contributed by atoms with van der Waals surface area (Å²) in [7, 11) is 1.64. The third-order valence-corrected chi connectivity index (χ3v) is 1.25. The lowest BCUT2D eigenvalue weighted by molar-refractivity contribution is 0.294. The maximum atomic E-state index is 5.32. The number of nitrogens with two attached hydrogens (primary N) is 1. The van der Waals surface area contributed by atoms with Crippen LogP contribution in [0.15, 0.2) is 36.1 Å². The molecule has 0 atom stereocenters. The lowest BCUT2D eigenvalue weighted by Crippen LogP contribution is -1.98. The Morgan fingerprint density at radius 1 is 1.64 bits per heavy atom. The van der Waals surface area contributed by atoms with E-state index >= 15 is 0 Å². The summed E-state index contributed by atoms with van der Waals surface area (Å²) in [5.74, 6) is 0.867. The molecule has 62 valence electrons. The molecule has 0 aliphatic carbocycles. The first-order valence-electron chi connectivity index (χ1n) is 3.47. The Balaban J connectivity index is 3.85. The summed E-state index contributed by atoms with van der Waals surface area (Å²) in [5.41, 5.74) is 6.23. The fourth-order valence-corrected chi connectivity index (χ4v) is 0.456. The van der Waals surface area contributed by atoms with Crippen molar-refractivity contribution in [1.29, 1.82) is 0 Å². The Labute approximate surface area is 68.0 Å². The summed E-state index contributed by atoms with van der Waals surface area (Å²) in [5, 5.41) is 0. The number of hydrogen-bond donors (Lipinski definition) is 1. The van der Waals surface area contributed by atoms with Crippen molar-refractivity contribution in [3.8, 4) is 0 Å². The van der Waals surface area contributed by atoms with E-state index in [2.05, 4.69) is 6.58 Å². The smallest absolute Gasteiger partial charge is 0.0924 e. The van der Waals surface area contributed by atoms with Crippen LogP contribution >= 0.6 is 0 Å². The molecule has 2 N–H and O–H groups in total. The average molecular weight is 153 g/mol. The van der Waals surface area contributed by atoms with Crippen LogP contribution in [0.5, 0.6) is 0 Å². The van der Waals surface area contributed by atoms with Gasteiger partial charge < -0.3 is 10.5 Å². The van der Waals surface area contributed by atoms with Gasteiger partial charge in [0.25, 0.3) is 0 Å². The van der Waals surface area contributed by atoms with E-state index in [1.54, 1.807) is 7.11 Å². The fraction of sp³-hybridized carbons (Fsp3) is 0.333. The van der Waals surface area contributed by atoms with Crippen LogP contribution in [-0.4, -0.2) is 13.7 Å². The number of ether oxygens (including phenoxy) is 1. The molecule has 0 amide bonds. The van der Waals surface area contributed by atoms with Gasteiger partial charge in [-0.1, -0.05) is 18.7 Å². The molecule has 2 heteroatoms. The molecule has 0 aromatic carbocycles. The van der Waals surface area contributed by atoms with Gasteiger partial charge in [0.15, 0.2) is 0 Å². The van der Waals surface area contributed by atoms with Gasteiger partial charge in [-0.25, -0.2) is 0 Å². The largest absolute Gasteiger partial charge is 0.501 e. The van der Waals surface area contributed by atoms with E-state index in [1.807, 2.05) is 25.2 Å². The van der Waals surface area contributed by atoms with E-state index in [4.69, 9.17) is 10.5 Å². The molecule has 0 saturated heterocycles. The minimum atomic E-state index is 0.496. The van der Waals surface area contributed by atoms with Gasteiger partial charge in [0, 0.05) is 6.54 Å². The molecule has 0 rings (SSSR count). The Bertz CT molecular complexity index is 180. The highest BCUT2D eigenvalue weighted by molar-refractivity contribution is 5.20. The lowest BCUT2D eigenvalue weighted by Gasteiger charge is -1.94. The first-order valence-corrected chi connectivity index (χ1v) is 3.47. The molecule has 0 aliphatic rings. The Morgan fingerprint density at radius 3 is 2.73 bits per heavy atom. The second-order valence-corrected chi connectivity index (χ2v) is 2.20. The molecule has 0 heterocycles. The predicted octanol–water partition coefficient (Wildman–Crippen LogP) is 1.61. The summed E-state index contributed by atoms with van der Waals surface area (Å²) in [6.07, 6.45) is 5.59. The molecule has 2 nitrogen and oxygen atoms in total. The molecule has 0 aliphatic heterocycles. The van der Waals surface area contributed by atoms with E-state index in [1.165, 1.54) is 0 Å². The van der Waals surface area contributed by atoms with E-state index < -0.39 is 0 Å². The zero-order valence-corrected chi connectivity index (χ0v) is 7.13. The first kappa shape index (κ1) is 9.98. The molecule has 0 aromatic rings. The Kier molecular flexibility index (Phi) is 5.21. The third kappa shape index (κ3) is 5.43. The predicted molar refractivity (Wildman–Crippen MR) is 48.1 cm³/mol. The van der Waals surface area contributed by atoms with Gasteiger partial charge in [0.1, 0.15) is 0 Å². The molecule has 11 heavy (non-hydrogen) atoms. The van der Waals surface area contributed by atoms with Crippen molar-refractivity contribution in [3.05, 3.63) is 36.1 Å². The van der Waals surface area contributed by atoms with E-state index in [9.17, 15) is 0 Å². The standard InChI is InChI=1S/C9H15NO/c1-8(7-10)5-4-6-9(2)11-3/h4-6H,1,7,10H2,2-3H3/b5-4-,9-6+. The van der Waals surface area contributed by atoms with Crippen molar-refractivity contribution in [3.63, 3.8) is 0 Å². The van der Waals surface area contributed by atoms with Gasteiger partial charge in [-0.2, -0.15) is 0 Å². The van der Waals surface area contributed by atoms with E-state index in [0.29, 0.717) is 6.54 Å². The first-order chi connectivity index (χ1) is 5.20. The maximum absolute atomic E-state index is 5.32. The lowest BCUT2D eigenvalue weighted by atomic mass is 10.3. The van der Waals surface area contributed by atoms with Crippen molar-refractivity contribution in [2.45, 2.75) is 6.92 Å². The van der Waals surface area contributed by atoms with Crippen molar-refractivity contribution >= 4 is 0 Å². The zero-order chi connectivity index (χ0) is 8.69. The summed E-state index contributed by atoms with van der Waals surface area (Å²) in [6.45, 7) is 6.09. The van der Waals surface area contributed by atoms with Crippen LogP contribution in [0.3, 0.4) is 0 Å². The van der Waals surface area contributed by atoms with Crippen LogP contribution in [0.4, 0.5) is 0 Å². The molecular weight excluding hydrogens is 138 g/mol. The quantitative estimate of drug-likeness (QED) is 0.492. The SMILES string of the molecule is C=C(/C=C\C=C(/C)OC)CN. The number of rotatable bonds is 4. The molecule has 0 radical (unpaired) electrons. The van der Waals surface area contributed by atoms with Gasteiger partial charge in [-0.3, -0.25) is 0 Å². The van der Waals surface area contributed by atoms with Gasteiger partial charge >= 0.3 is 0 Å². The molecule has 0 unspecified atom stereocenters. The molecule has 0 spiro atoms. The van der Waals surface area contributed by atoms with Crippen LogP contribution in [0.25, 0.3) is 0 Å². The molecular formula is C9H15NO. The fourth-order valence-electron chi connectivity index (χ4n) is 0.456. The van der Waals surface area contributed by atoms with E-state index in [0.717, 1.165) is 11.3 Å². The zero-order valence-electron chi connectivity index (χ0n) is 7.13. The van der Waals surface area contributed by atoms with Crippen molar-refractivity contribution in [2.75, 3.05) is 13.7 Å². The Hall–Kier alpha value is -1.02. The summed E-state index contributed by atoms with van der Waals surface area (Å²) in [4.78, 5) is 0. The summed E-state index contributed by atoms with van der Waals surface area (Å²) >= 11 is 0. The molecule has 0 saturated carbocycles. The highest BCUT2D eigenvalue weighted by Crippen LogP contribution is 1.94. The average Bonchev–Trinajstić information content (AvgIpc) is 2.04. The normalized spacial score (nSPS) is 12.1. The van der Waals surface area contributed by atoms with Gasteiger partial charge in [-0.15, -0.1) is 0 Å². The second-order valence-electron chi connectivity index (χ2n) is 2.20. The van der Waals surface area contributed by atoms with E-state index in [-0.39, 0.29) is 0 Å². The molecule has 0 aromatic heterocycles. The van der Waals surface area contributed by atoms with Crippen molar-refractivity contribution in [1.82, 2.24) is 0 Å². The minimum Gasteiger partial charge on any atom is -0.501 e. The molecule has 0 fully saturated rings. The monoisotopic (exact) mass is 153 g/mol. The number of allylic oxidation sites excluding steroid dienone is 3. The Morgan fingerprint density at radius 2 is 2.27 bits per heavy atom. The van der Waals surface area contributed by atoms with Crippen molar-refractivity contribution in [2.24, 2.45) is 5.73 Å². The van der Waals surface area contributed by atoms with Crippen LogP contribution in [0.1, 0.15) is 6.92 Å². The molecule has 0 bridgehead atoms. The second kappa shape index (κ2) is 5.74. The highest BCUT2D eigenvalue weighted by Gasteiger charge is 1.80. The number of methoxy groups -OCH3 is 1. The summed E-state index contributed by atoms with van der Waals surface area (Å²) < 4.78 is 4.91. The van der Waals surface area contributed by atoms with Crippen molar-refractivity contribution < 1.29 is 4.74 Å². The summed E-state index contributed by atoms with van der Waals surface area (Å²) in [6, 6.07) is 0. The van der Waals surface area contributed by atoms with Crippen LogP contribution < -0.4 is 5.73 Å². The third-order valence-electron chi connectivity index (χ3n) is 1.25. The van der Waals surface area contributed by atoms with Gasteiger partial charge in [0.05, 0.1) is 12.9 Å². The highest BCUT2D eigenvalue weighted by atomic mass is 16.5. The maximum Gasteiger partial charge on any atom is 0.0924 e. The van der Waals surface area contributed by atoms with Gasteiger partial charge in [0.2, 0.25) is 0 Å². The number of hydrogen-bond acceptors (Lipinski definition) is 2. The van der Waals surface area contributed by atoms with Crippen LogP contribution in [0, 0.1) is 0 Å². The topological polar surface area (TPSA) is 35.2 Å². The minimum absolute atomic E-state index is 0.496.